The maximum atomic E-state index is 10.00. The molecule has 15 heavy (non-hydrogen) atoms. The normalized spacial score (nSPS) is 47.0. The Morgan fingerprint density at radius 3 is 2.40 bits per heavy atom. The number of hydrogen-bond acceptors (Lipinski definition) is 2. The Morgan fingerprint density at radius 2 is 1.60 bits per heavy atom. The molecule has 0 aromatic rings. The second-order valence-electron chi connectivity index (χ2n) is 5.70. The Labute approximate surface area is 92.7 Å². The summed E-state index contributed by atoms with van der Waals surface area (Å²) in [5, 5.41) is 10.00. The van der Waals surface area contributed by atoms with Crippen molar-refractivity contribution in [3.05, 3.63) is 0 Å². The van der Waals surface area contributed by atoms with Crippen LogP contribution in [0.5, 0.6) is 0 Å². The van der Waals surface area contributed by atoms with Crippen LogP contribution >= 0.6 is 0 Å². The second kappa shape index (κ2) is 4.06. The van der Waals surface area contributed by atoms with Crippen molar-refractivity contribution in [1.29, 1.82) is 0 Å². The van der Waals surface area contributed by atoms with Crippen molar-refractivity contribution in [2.45, 2.75) is 69.6 Å². The quantitative estimate of drug-likeness (QED) is 0.715. The van der Waals surface area contributed by atoms with E-state index in [0.717, 1.165) is 18.4 Å². The molecule has 2 heteroatoms. The van der Waals surface area contributed by atoms with Gasteiger partial charge in [0.2, 0.25) is 0 Å². The summed E-state index contributed by atoms with van der Waals surface area (Å²) >= 11 is 0. The van der Waals surface area contributed by atoms with E-state index in [9.17, 15) is 5.11 Å². The number of rotatable bonds is 1. The summed E-state index contributed by atoms with van der Waals surface area (Å²) in [6.45, 7) is 1.26. The van der Waals surface area contributed by atoms with Gasteiger partial charge in [-0.3, -0.25) is 4.90 Å². The van der Waals surface area contributed by atoms with E-state index in [4.69, 9.17) is 0 Å². The monoisotopic (exact) mass is 209 g/mol. The molecule has 0 spiro atoms. The third-order valence-electron chi connectivity index (χ3n) is 4.92. The average molecular weight is 209 g/mol. The van der Waals surface area contributed by atoms with Gasteiger partial charge in [-0.2, -0.15) is 0 Å². The van der Waals surface area contributed by atoms with Gasteiger partial charge >= 0.3 is 0 Å². The smallest absolute Gasteiger partial charge is 0.0695 e. The van der Waals surface area contributed by atoms with Crippen molar-refractivity contribution in [3.8, 4) is 0 Å². The molecular weight excluding hydrogens is 186 g/mol. The highest BCUT2D eigenvalue weighted by atomic mass is 16.3. The van der Waals surface area contributed by atoms with Gasteiger partial charge in [0.1, 0.15) is 0 Å². The van der Waals surface area contributed by atoms with Crippen LogP contribution in [0.25, 0.3) is 0 Å². The fraction of sp³-hybridized carbons (Fsp3) is 1.00. The van der Waals surface area contributed by atoms with E-state index >= 15 is 0 Å². The molecule has 2 aliphatic carbocycles. The SMILES string of the molecule is OC1CCCC1N1CCC2CCCCC21. The van der Waals surface area contributed by atoms with E-state index < -0.39 is 0 Å². The van der Waals surface area contributed by atoms with Crippen LogP contribution in [-0.2, 0) is 0 Å². The molecule has 1 saturated heterocycles. The third-order valence-corrected chi connectivity index (χ3v) is 4.92. The topological polar surface area (TPSA) is 23.5 Å². The van der Waals surface area contributed by atoms with Gasteiger partial charge in [-0.1, -0.05) is 12.8 Å². The predicted octanol–water partition coefficient (Wildman–Crippen LogP) is 2.16. The molecule has 4 atom stereocenters. The highest BCUT2D eigenvalue weighted by molar-refractivity contribution is 4.96. The summed E-state index contributed by atoms with van der Waals surface area (Å²) < 4.78 is 0. The van der Waals surface area contributed by atoms with E-state index in [-0.39, 0.29) is 6.10 Å². The van der Waals surface area contributed by atoms with Crippen LogP contribution in [0.2, 0.25) is 0 Å². The van der Waals surface area contributed by atoms with Crippen molar-refractivity contribution >= 4 is 0 Å². The van der Waals surface area contributed by atoms with E-state index in [2.05, 4.69) is 4.90 Å². The fourth-order valence-electron chi connectivity index (χ4n) is 4.16. The Morgan fingerprint density at radius 1 is 0.800 bits per heavy atom. The number of fused-ring (bicyclic) bond motifs is 1. The number of nitrogens with zero attached hydrogens (tertiary/aromatic N) is 1. The minimum atomic E-state index is -0.0225. The minimum absolute atomic E-state index is 0.0225. The van der Waals surface area contributed by atoms with Crippen LogP contribution in [0.1, 0.15) is 51.4 Å². The first-order valence-electron chi connectivity index (χ1n) is 6.80. The Bertz CT molecular complexity index is 231. The van der Waals surface area contributed by atoms with Gasteiger partial charge in [0, 0.05) is 12.1 Å². The lowest BCUT2D eigenvalue weighted by molar-refractivity contribution is 0.0480. The molecule has 2 nitrogen and oxygen atoms in total. The average Bonchev–Trinajstić information content (AvgIpc) is 2.83. The predicted molar refractivity (Wildman–Crippen MR) is 60.7 cm³/mol. The van der Waals surface area contributed by atoms with Crippen molar-refractivity contribution in [3.63, 3.8) is 0 Å². The van der Waals surface area contributed by atoms with Gasteiger partial charge in [0.15, 0.2) is 0 Å². The first-order valence-corrected chi connectivity index (χ1v) is 6.80. The van der Waals surface area contributed by atoms with E-state index in [1.165, 1.54) is 51.5 Å². The Hall–Kier alpha value is -0.0800. The highest BCUT2D eigenvalue weighted by Crippen LogP contribution is 2.40. The number of aliphatic hydroxyl groups excluding tert-OH is 1. The largest absolute Gasteiger partial charge is 0.391 e. The summed E-state index contributed by atoms with van der Waals surface area (Å²) in [5.74, 6) is 0.964. The zero-order valence-electron chi connectivity index (χ0n) is 9.57. The number of aliphatic hydroxyl groups is 1. The van der Waals surface area contributed by atoms with Crippen molar-refractivity contribution in [2.75, 3.05) is 6.54 Å². The first kappa shape index (κ1) is 10.1. The molecule has 2 saturated carbocycles. The third kappa shape index (κ3) is 1.72. The molecule has 1 heterocycles. The van der Waals surface area contributed by atoms with Crippen LogP contribution < -0.4 is 0 Å². The summed E-state index contributed by atoms with van der Waals surface area (Å²) in [4.78, 5) is 2.67. The maximum absolute atomic E-state index is 10.00. The van der Waals surface area contributed by atoms with Gasteiger partial charge in [-0.25, -0.2) is 0 Å². The lowest BCUT2D eigenvalue weighted by Gasteiger charge is -2.36. The molecular formula is C13H23NO. The van der Waals surface area contributed by atoms with Gasteiger partial charge in [0.25, 0.3) is 0 Å². The zero-order valence-corrected chi connectivity index (χ0v) is 9.57. The highest BCUT2D eigenvalue weighted by Gasteiger charge is 2.42. The molecule has 3 fully saturated rings. The van der Waals surface area contributed by atoms with Crippen LogP contribution in [0.3, 0.4) is 0 Å². The second-order valence-corrected chi connectivity index (χ2v) is 5.70. The Balaban J connectivity index is 1.70. The summed E-state index contributed by atoms with van der Waals surface area (Å²) in [6, 6.07) is 1.34. The number of likely N-dealkylation sites (tertiary alicyclic amines) is 1. The molecule has 0 radical (unpaired) electrons. The van der Waals surface area contributed by atoms with Crippen molar-refractivity contribution in [1.82, 2.24) is 4.90 Å². The summed E-state index contributed by atoms with van der Waals surface area (Å²) in [5.41, 5.74) is 0. The minimum Gasteiger partial charge on any atom is -0.391 e. The van der Waals surface area contributed by atoms with Crippen molar-refractivity contribution < 1.29 is 5.11 Å². The molecule has 86 valence electrons. The van der Waals surface area contributed by atoms with Crippen molar-refractivity contribution in [2.24, 2.45) is 5.92 Å². The molecule has 3 rings (SSSR count). The molecule has 0 amide bonds. The van der Waals surface area contributed by atoms with Crippen LogP contribution in [-0.4, -0.2) is 34.7 Å². The van der Waals surface area contributed by atoms with Crippen LogP contribution in [0.4, 0.5) is 0 Å². The molecule has 0 aromatic carbocycles. The fourth-order valence-corrected chi connectivity index (χ4v) is 4.16. The lowest BCUT2D eigenvalue weighted by atomic mass is 9.85. The molecule has 1 aliphatic heterocycles. The molecule has 3 aliphatic rings. The molecule has 0 bridgehead atoms. The van der Waals surface area contributed by atoms with Crippen LogP contribution in [0, 0.1) is 5.92 Å². The molecule has 4 unspecified atom stereocenters. The molecule has 0 aromatic heterocycles. The van der Waals surface area contributed by atoms with E-state index in [1.54, 1.807) is 0 Å². The molecule has 1 N–H and O–H groups in total. The van der Waals surface area contributed by atoms with Crippen LogP contribution in [0.15, 0.2) is 0 Å². The van der Waals surface area contributed by atoms with E-state index in [0.29, 0.717) is 6.04 Å². The Kier molecular flexibility index (Phi) is 2.73. The van der Waals surface area contributed by atoms with E-state index in [1.807, 2.05) is 0 Å². The van der Waals surface area contributed by atoms with Gasteiger partial charge in [-0.05, 0) is 51.0 Å². The standard InChI is InChI=1S/C13H23NO/c15-13-7-3-6-12(13)14-9-8-10-4-1-2-5-11(10)14/h10-13,15H,1-9H2. The number of hydrogen-bond donors (Lipinski definition) is 1. The summed E-state index contributed by atoms with van der Waals surface area (Å²) in [6.07, 6.45) is 10.6. The first-order chi connectivity index (χ1) is 7.36. The summed E-state index contributed by atoms with van der Waals surface area (Å²) in [7, 11) is 0. The lowest BCUT2D eigenvalue weighted by Crippen LogP contribution is -2.45. The zero-order chi connectivity index (χ0) is 10.3. The maximum Gasteiger partial charge on any atom is 0.0695 e. The van der Waals surface area contributed by atoms with Gasteiger partial charge < -0.3 is 5.11 Å². The van der Waals surface area contributed by atoms with Gasteiger partial charge in [0.05, 0.1) is 6.10 Å². The van der Waals surface area contributed by atoms with Gasteiger partial charge in [-0.15, -0.1) is 0 Å².